The van der Waals surface area contributed by atoms with Crippen LogP contribution in [0.3, 0.4) is 0 Å². The van der Waals surface area contributed by atoms with Crippen LogP contribution in [0.5, 0.6) is 5.75 Å². The molecule has 94 valence electrons. The molecule has 0 saturated heterocycles. The fourth-order valence-electron chi connectivity index (χ4n) is 1.45. The third-order valence-corrected chi connectivity index (χ3v) is 2.37. The van der Waals surface area contributed by atoms with Crippen LogP contribution in [-0.2, 0) is 0 Å². The summed E-state index contributed by atoms with van der Waals surface area (Å²) in [7, 11) is 0. The van der Waals surface area contributed by atoms with Crippen LogP contribution in [-0.4, -0.2) is 18.2 Å². The lowest BCUT2D eigenvalue weighted by Crippen LogP contribution is -2.00. The molecule has 0 bridgehead atoms. The second kappa shape index (κ2) is 8.58. The van der Waals surface area contributed by atoms with Crippen molar-refractivity contribution in [3.8, 4) is 5.75 Å². The number of aliphatic imine (C=N–C) groups is 1. The number of hydrogen-bond donors (Lipinski definition) is 2. The molecule has 0 heterocycles. The summed E-state index contributed by atoms with van der Waals surface area (Å²) in [6, 6.07) is 7.44. The van der Waals surface area contributed by atoms with Crippen molar-refractivity contribution in [3.05, 3.63) is 24.3 Å². The highest BCUT2D eigenvalue weighted by atomic mass is 16.5. The molecule has 0 atom stereocenters. The summed E-state index contributed by atoms with van der Waals surface area (Å²) in [5, 5.41) is 8.35. The standard InChI is InChI=1S/C13H20N2O2/c1-2-3-4-5-10-17-13-8-6-12(7-9-13)14-11-15-16/h6-9,11,16H,2-5,10H2,1H3,(H,14,15). The lowest BCUT2D eigenvalue weighted by molar-refractivity contribution is 0.240. The van der Waals surface area contributed by atoms with Gasteiger partial charge in [-0.05, 0) is 30.7 Å². The maximum Gasteiger partial charge on any atom is 0.119 e. The van der Waals surface area contributed by atoms with E-state index in [0.717, 1.165) is 24.5 Å². The maximum absolute atomic E-state index is 8.35. The summed E-state index contributed by atoms with van der Waals surface area (Å²) in [5.41, 5.74) is 2.63. The maximum atomic E-state index is 8.35. The summed E-state index contributed by atoms with van der Waals surface area (Å²) in [6.07, 6.45) is 6.06. The van der Waals surface area contributed by atoms with Gasteiger partial charge in [0.1, 0.15) is 12.1 Å². The van der Waals surface area contributed by atoms with Crippen molar-refractivity contribution in [1.82, 2.24) is 5.48 Å². The first-order chi connectivity index (χ1) is 8.36. The summed E-state index contributed by atoms with van der Waals surface area (Å²) in [4.78, 5) is 3.94. The van der Waals surface area contributed by atoms with Gasteiger partial charge in [-0.1, -0.05) is 26.2 Å². The Morgan fingerprint density at radius 3 is 2.65 bits per heavy atom. The highest BCUT2D eigenvalue weighted by molar-refractivity contribution is 5.59. The number of benzene rings is 1. The molecule has 1 aromatic carbocycles. The average molecular weight is 236 g/mol. The van der Waals surface area contributed by atoms with Gasteiger partial charge in [0, 0.05) is 0 Å². The molecule has 0 radical (unpaired) electrons. The molecule has 17 heavy (non-hydrogen) atoms. The summed E-state index contributed by atoms with van der Waals surface area (Å²) in [6.45, 7) is 2.96. The van der Waals surface area contributed by atoms with Crippen molar-refractivity contribution in [1.29, 1.82) is 0 Å². The molecule has 2 N–H and O–H groups in total. The molecule has 0 spiro atoms. The topological polar surface area (TPSA) is 53.8 Å². The second-order valence-electron chi connectivity index (χ2n) is 3.79. The van der Waals surface area contributed by atoms with Crippen molar-refractivity contribution < 1.29 is 9.94 Å². The Hall–Kier alpha value is -1.55. The number of unbranched alkanes of at least 4 members (excludes halogenated alkanes) is 3. The Morgan fingerprint density at radius 2 is 2.00 bits per heavy atom. The SMILES string of the molecule is CCCCCCOc1ccc(N=CNO)cc1. The third-order valence-electron chi connectivity index (χ3n) is 2.37. The molecule has 0 amide bonds. The Labute approximate surface area is 102 Å². The first kappa shape index (κ1) is 13.5. The average Bonchev–Trinajstić information content (AvgIpc) is 2.37. The van der Waals surface area contributed by atoms with Crippen LogP contribution < -0.4 is 10.2 Å². The highest BCUT2D eigenvalue weighted by Crippen LogP contribution is 2.17. The van der Waals surface area contributed by atoms with Gasteiger partial charge >= 0.3 is 0 Å². The van der Waals surface area contributed by atoms with E-state index in [1.807, 2.05) is 29.7 Å². The predicted octanol–water partition coefficient (Wildman–Crippen LogP) is 3.28. The lowest BCUT2D eigenvalue weighted by atomic mass is 10.2. The van der Waals surface area contributed by atoms with Gasteiger partial charge in [-0.2, -0.15) is 0 Å². The molecular weight excluding hydrogens is 216 g/mol. The predicted molar refractivity (Wildman–Crippen MR) is 69.2 cm³/mol. The molecular formula is C13H20N2O2. The third kappa shape index (κ3) is 5.92. The van der Waals surface area contributed by atoms with Gasteiger partial charge in [0.2, 0.25) is 0 Å². The van der Waals surface area contributed by atoms with E-state index >= 15 is 0 Å². The number of ether oxygens (including phenoxy) is 1. The molecule has 0 aliphatic rings. The van der Waals surface area contributed by atoms with E-state index in [0.29, 0.717) is 0 Å². The van der Waals surface area contributed by atoms with E-state index in [4.69, 9.17) is 9.94 Å². The zero-order valence-corrected chi connectivity index (χ0v) is 10.2. The number of nitrogens with one attached hydrogen (secondary N) is 1. The van der Waals surface area contributed by atoms with Crippen molar-refractivity contribution in [2.75, 3.05) is 6.61 Å². The Balaban J connectivity index is 2.28. The van der Waals surface area contributed by atoms with Crippen molar-refractivity contribution >= 4 is 12.0 Å². The molecule has 1 rings (SSSR count). The normalized spacial score (nSPS) is 10.7. The van der Waals surface area contributed by atoms with E-state index in [1.54, 1.807) is 0 Å². The van der Waals surface area contributed by atoms with Crippen LogP contribution in [0, 0.1) is 0 Å². The van der Waals surface area contributed by atoms with Gasteiger partial charge in [0.15, 0.2) is 0 Å². The molecule has 0 saturated carbocycles. The fraction of sp³-hybridized carbons (Fsp3) is 0.462. The van der Waals surface area contributed by atoms with Gasteiger partial charge in [-0.15, -0.1) is 0 Å². The zero-order valence-electron chi connectivity index (χ0n) is 10.2. The summed E-state index contributed by atoms with van der Waals surface area (Å²) in [5.74, 6) is 0.859. The lowest BCUT2D eigenvalue weighted by Gasteiger charge is -2.05. The van der Waals surface area contributed by atoms with E-state index in [-0.39, 0.29) is 0 Å². The zero-order chi connectivity index (χ0) is 12.3. The smallest absolute Gasteiger partial charge is 0.119 e. The summed E-state index contributed by atoms with van der Waals surface area (Å²) < 4.78 is 5.60. The van der Waals surface area contributed by atoms with E-state index in [9.17, 15) is 0 Å². The van der Waals surface area contributed by atoms with E-state index < -0.39 is 0 Å². The minimum Gasteiger partial charge on any atom is -0.494 e. The van der Waals surface area contributed by atoms with Crippen LogP contribution in [0.25, 0.3) is 0 Å². The van der Waals surface area contributed by atoms with Crippen LogP contribution >= 0.6 is 0 Å². The van der Waals surface area contributed by atoms with Gasteiger partial charge in [-0.25, -0.2) is 4.99 Å². The minimum absolute atomic E-state index is 0.765. The molecule has 0 fully saturated rings. The number of nitrogens with zero attached hydrogens (tertiary/aromatic N) is 1. The van der Waals surface area contributed by atoms with E-state index in [2.05, 4.69) is 11.9 Å². The van der Waals surface area contributed by atoms with E-state index in [1.165, 1.54) is 25.6 Å². The number of rotatable bonds is 8. The number of hydroxylamine groups is 1. The van der Waals surface area contributed by atoms with Crippen LogP contribution in [0.4, 0.5) is 5.69 Å². The molecule has 0 unspecified atom stereocenters. The van der Waals surface area contributed by atoms with Crippen molar-refractivity contribution in [3.63, 3.8) is 0 Å². The monoisotopic (exact) mass is 236 g/mol. The largest absolute Gasteiger partial charge is 0.494 e. The van der Waals surface area contributed by atoms with Crippen LogP contribution in [0.1, 0.15) is 32.6 Å². The molecule has 4 nitrogen and oxygen atoms in total. The first-order valence-electron chi connectivity index (χ1n) is 6.02. The van der Waals surface area contributed by atoms with Crippen LogP contribution in [0.15, 0.2) is 29.3 Å². The van der Waals surface area contributed by atoms with Crippen molar-refractivity contribution in [2.24, 2.45) is 4.99 Å². The molecule has 0 aromatic heterocycles. The highest BCUT2D eigenvalue weighted by Gasteiger charge is 1.94. The van der Waals surface area contributed by atoms with Gasteiger partial charge < -0.3 is 4.74 Å². The second-order valence-corrected chi connectivity index (χ2v) is 3.79. The Bertz CT molecular complexity index is 323. The summed E-state index contributed by atoms with van der Waals surface area (Å²) >= 11 is 0. The molecule has 1 aromatic rings. The van der Waals surface area contributed by atoms with Crippen LogP contribution in [0.2, 0.25) is 0 Å². The first-order valence-corrected chi connectivity index (χ1v) is 6.02. The van der Waals surface area contributed by atoms with Crippen molar-refractivity contribution in [2.45, 2.75) is 32.6 Å². The van der Waals surface area contributed by atoms with Gasteiger partial charge in [-0.3, -0.25) is 10.7 Å². The van der Waals surface area contributed by atoms with Gasteiger partial charge in [0.25, 0.3) is 0 Å². The fourth-order valence-corrected chi connectivity index (χ4v) is 1.45. The quantitative estimate of drug-likeness (QED) is 0.315. The molecule has 0 aliphatic carbocycles. The molecule has 0 aliphatic heterocycles. The minimum atomic E-state index is 0.765. The Kier molecular flexibility index (Phi) is 6.82. The van der Waals surface area contributed by atoms with Gasteiger partial charge in [0.05, 0.1) is 12.3 Å². The molecule has 4 heteroatoms. The number of hydrogen-bond acceptors (Lipinski definition) is 3. The Morgan fingerprint density at radius 1 is 1.24 bits per heavy atom.